The molecule has 0 aliphatic carbocycles. The summed E-state index contributed by atoms with van der Waals surface area (Å²) in [6.45, 7) is 0.219. The monoisotopic (exact) mass is 379 g/mol. The molecule has 0 heterocycles. The van der Waals surface area contributed by atoms with E-state index in [0.29, 0.717) is 10.8 Å². The number of carbonyl (C=O) groups excluding carboxylic acids is 2. The minimum atomic E-state index is -0.416. The van der Waals surface area contributed by atoms with Crippen molar-refractivity contribution in [3.63, 3.8) is 0 Å². The lowest BCUT2D eigenvalue weighted by molar-refractivity contribution is -0.142. The largest absolute Gasteiger partial charge is 0.484 e. The summed E-state index contributed by atoms with van der Waals surface area (Å²) < 4.78 is 23.1. The van der Waals surface area contributed by atoms with Crippen molar-refractivity contribution in [2.75, 3.05) is 20.3 Å². The van der Waals surface area contributed by atoms with Gasteiger partial charge in [-0.2, -0.15) is 0 Å². The van der Waals surface area contributed by atoms with Crippen LogP contribution in [0.5, 0.6) is 5.75 Å². The number of methoxy groups -OCH3 is 1. The molecule has 2 aromatic rings. The van der Waals surface area contributed by atoms with Crippen molar-refractivity contribution in [2.45, 2.75) is 13.0 Å². The Kier molecular flexibility index (Phi) is 7.41. The maximum absolute atomic E-state index is 13.0. The normalized spacial score (nSPS) is 10.3. The van der Waals surface area contributed by atoms with Gasteiger partial charge < -0.3 is 14.4 Å². The number of nitrogens with zero attached hydrogens (tertiary/aromatic N) is 1. The fourth-order valence-corrected chi connectivity index (χ4v) is 2.32. The number of carbonyl (C=O) groups is 2. The molecule has 2 rings (SSSR count). The van der Waals surface area contributed by atoms with Crippen LogP contribution in [0.4, 0.5) is 4.39 Å². The van der Waals surface area contributed by atoms with Crippen LogP contribution < -0.4 is 4.74 Å². The van der Waals surface area contributed by atoms with Gasteiger partial charge in [0.05, 0.1) is 13.5 Å². The Bertz CT molecular complexity index is 734. The van der Waals surface area contributed by atoms with E-state index >= 15 is 0 Å². The van der Waals surface area contributed by atoms with E-state index in [2.05, 4.69) is 4.74 Å². The molecular formula is C19H19ClFNO4. The van der Waals surface area contributed by atoms with Crippen LogP contribution in [-0.4, -0.2) is 37.0 Å². The Morgan fingerprint density at radius 3 is 2.35 bits per heavy atom. The highest BCUT2D eigenvalue weighted by Crippen LogP contribution is 2.16. The topological polar surface area (TPSA) is 55.8 Å². The van der Waals surface area contributed by atoms with Crippen molar-refractivity contribution in [2.24, 2.45) is 0 Å². The molecule has 1 amide bonds. The molecule has 0 unspecified atom stereocenters. The number of benzene rings is 2. The number of amides is 1. The average Bonchev–Trinajstić information content (AvgIpc) is 2.65. The molecule has 0 atom stereocenters. The molecule has 0 saturated heterocycles. The summed E-state index contributed by atoms with van der Waals surface area (Å²) in [4.78, 5) is 25.4. The van der Waals surface area contributed by atoms with E-state index in [-0.39, 0.29) is 37.8 Å². The lowest BCUT2D eigenvalue weighted by Gasteiger charge is -2.22. The van der Waals surface area contributed by atoms with Crippen LogP contribution in [0.1, 0.15) is 12.0 Å². The molecule has 0 bridgehead atoms. The predicted octanol–water partition coefficient (Wildman–Crippen LogP) is 3.45. The van der Waals surface area contributed by atoms with Crippen molar-refractivity contribution in [1.29, 1.82) is 0 Å². The second-order valence-electron chi connectivity index (χ2n) is 5.51. The summed E-state index contributed by atoms with van der Waals surface area (Å²) in [5.41, 5.74) is 0.746. The van der Waals surface area contributed by atoms with Crippen LogP contribution in [0.3, 0.4) is 0 Å². The SMILES string of the molecule is COC(=O)CCN(Cc1ccc(F)cc1)C(=O)COc1ccc(Cl)cc1. The Morgan fingerprint density at radius 2 is 1.73 bits per heavy atom. The second-order valence-corrected chi connectivity index (χ2v) is 5.95. The van der Waals surface area contributed by atoms with Gasteiger partial charge in [0, 0.05) is 18.1 Å². The zero-order valence-electron chi connectivity index (χ0n) is 14.3. The highest BCUT2D eigenvalue weighted by atomic mass is 35.5. The minimum absolute atomic E-state index is 0.0599. The fourth-order valence-electron chi connectivity index (χ4n) is 2.20. The molecule has 0 N–H and O–H groups in total. The zero-order valence-corrected chi connectivity index (χ0v) is 15.0. The van der Waals surface area contributed by atoms with Gasteiger partial charge in [0.2, 0.25) is 0 Å². The predicted molar refractivity (Wildman–Crippen MR) is 95.4 cm³/mol. The first-order valence-electron chi connectivity index (χ1n) is 7.95. The van der Waals surface area contributed by atoms with E-state index in [4.69, 9.17) is 16.3 Å². The third-order valence-electron chi connectivity index (χ3n) is 3.63. The number of rotatable bonds is 8. The maximum Gasteiger partial charge on any atom is 0.307 e. The van der Waals surface area contributed by atoms with Gasteiger partial charge in [-0.25, -0.2) is 4.39 Å². The molecule has 0 radical (unpaired) electrons. The van der Waals surface area contributed by atoms with Gasteiger partial charge in [-0.3, -0.25) is 9.59 Å². The maximum atomic E-state index is 13.0. The van der Waals surface area contributed by atoms with Crippen LogP contribution in [-0.2, 0) is 20.9 Å². The van der Waals surface area contributed by atoms with Gasteiger partial charge in [-0.15, -0.1) is 0 Å². The first-order chi connectivity index (χ1) is 12.5. The molecule has 5 nitrogen and oxygen atoms in total. The molecule has 2 aromatic carbocycles. The molecular weight excluding hydrogens is 361 g/mol. The average molecular weight is 380 g/mol. The van der Waals surface area contributed by atoms with E-state index in [9.17, 15) is 14.0 Å². The van der Waals surface area contributed by atoms with Crippen LogP contribution >= 0.6 is 11.6 Å². The van der Waals surface area contributed by atoms with Crippen molar-refractivity contribution in [1.82, 2.24) is 4.90 Å². The van der Waals surface area contributed by atoms with Crippen LogP contribution in [0.2, 0.25) is 5.02 Å². The minimum Gasteiger partial charge on any atom is -0.484 e. The van der Waals surface area contributed by atoms with E-state index in [1.54, 1.807) is 36.4 Å². The molecule has 0 saturated carbocycles. The number of halogens is 2. The van der Waals surface area contributed by atoms with E-state index < -0.39 is 5.97 Å². The Labute approximate surface area is 156 Å². The van der Waals surface area contributed by atoms with Gasteiger partial charge >= 0.3 is 5.97 Å². The third-order valence-corrected chi connectivity index (χ3v) is 3.88. The third kappa shape index (κ3) is 6.37. The van der Waals surface area contributed by atoms with E-state index in [1.807, 2.05) is 0 Å². The van der Waals surface area contributed by atoms with Gasteiger partial charge in [0.25, 0.3) is 5.91 Å². The lowest BCUT2D eigenvalue weighted by Crippen LogP contribution is -2.36. The lowest BCUT2D eigenvalue weighted by atomic mass is 10.2. The molecule has 7 heteroatoms. The second kappa shape index (κ2) is 9.77. The van der Waals surface area contributed by atoms with Crippen molar-refractivity contribution >= 4 is 23.5 Å². The molecule has 26 heavy (non-hydrogen) atoms. The van der Waals surface area contributed by atoms with Crippen LogP contribution in [0, 0.1) is 5.82 Å². The van der Waals surface area contributed by atoms with Gasteiger partial charge in [0.15, 0.2) is 6.61 Å². The number of hydrogen-bond donors (Lipinski definition) is 0. The molecule has 138 valence electrons. The molecule has 0 aliphatic heterocycles. The quantitative estimate of drug-likeness (QED) is 0.659. The summed E-state index contributed by atoms with van der Waals surface area (Å²) in [7, 11) is 1.29. The van der Waals surface area contributed by atoms with Crippen molar-refractivity contribution in [3.05, 3.63) is 64.9 Å². The van der Waals surface area contributed by atoms with Crippen molar-refractivity contribution in [3.8, 4) is 5.75 Å². The van der Waals surface area contributed by atoms with E-state index in [1.165, 1.54) is 24.1 Å². The first-order valence-corrected chi connectivity index (χ1v) is 8.33. The Balaban J connectivity index is 2.00. The van der Waals surface area contributed by atoms with Gasteiger partial charge in [0.1, 0.15) is 11.6 Å². The van der Waals surface area contributed by atoms with Crippen LogP contribution in [0.25, 0.3) is 0 Å². The van der Waals surface area contributed by atoms with Gasteiger partial charge in [-0.1, -0.05) is 23.7 Å². The highest BCUT2D eigenvalue weighted by Gasteiger charge is 2.17. The first kappa shape index (κ1) is 19.7. The smallest absolute Gasteiger partial charge is 0.307 e. The fraction of sp³-hybridized carbons (Fsp3) is 0.263. The summed E-state index contributed by atoms with van der Waals surface area (Å²) in [6.07, 6.45) is 0.0599. The molecule has 0 aliphatic rings. The molecule has 0 spiro atoms. The molecule has 0 fully saturated rings. The van der Waals surface area contributed by atoms with Gasteiger partial charge in [-0.05, 0) is 42.0 Å². The Morgan fingerprint density at radius 1 is 1.08 bits per heavy atom. The number of esters is 1. The summed E-state index contributed by atoms with van der Waals surface area (Å²) in [5.74, 6) is -0.557. The van der Waals surface area contributed by atoms with Crippen molar-refractivity contribution < 1.29 is 23.5 Å². The summed E-state index contributed by atoms with van der Waals surface area (Å²) >= 11 is 5.81. The highest BCUT2D eigenvalue weighted by molar-refractivity contribution is 6.30. The Hall–Kier alpha value is -2.60. The summed E-state index contributed by atoms with van der Waals surface area (Å²) in [5, 5.41) is 0.569. The van der Waals surface area contributed by atoms with E-state index in [0.717, 1.165) is 5.56 Å². The number of ether oxygens (including phenoxy) is 2. The molecule has 0 aromatic heterocycles. The standard InChI is InChI=1S/C19H19ClFNO4/c1-25-19(24)10-11-22(12-14-2-6-16(21)7-3-14)18(23)13-26-17-8-4-15(20)5-9-17/h2-9H,10-13H2,1H3. The number of hydrogen-bond acceptors (Lipinski definition) is 4. The zero-order chi connectivity index (χ0) is 18.9. The van der Waals surface area contributed by atoms with Crippen LogP contribution in [0.15, 0.2) is 48.5 Å². The summed E-state index contributed by atoms with van der Waals surface area (Å²) in [6, 6.07) is 12.5.